The third-order valence-corrected chi connectivity index (χ3v) is 6.72. The Labute approximate surface area is 236 Å². The topological polar surface area (TPSA) is 87.7 Å². The highest BCUT2D eigenvalue weighted by molar-refractivity contribution is 7.98. The molecule has 0 aliphatic rings. The van der Waals surface area contributed by atoms with Gasteiger partial charge in [0.05, 0.1) is 10.7 Å². The second-order valence-corrected chi connectivity index (χ2v) is 12.0. The number of hydrogen-bond acceptors (Lipinski definition) is 5. The Kier molecular flexibility index (Phi) is 11.5. The molecule has 0 saturated heterocycles. The summed E-state index contributed by atoms with van der Waals surface area (Å²) in [5.41, 5.74) is 2.21. The normalized spacial score (nSPS) is 13.0. The summed E-state index contributed by atoms with van der Waals surface area (Å²) >= 11 is 7.98. The molecule has 0 aliphatic carbocycles. The number of thioether (sulfide) groups is 1. The van der Waals surface area contributed by atoms with Gasteiger partial charge in [0.25, 0.3) is 5.91 Å². The molecule has 0 aliphatic heterocycles. The Balaban J connectivity index is 2.54. The zero-order valence-corrected chi connectivity index (χ0v) is 25.1. The van der Waals surface area contributed by atoms with Gasteiger partial charge < -0.3 is 20.3 Å². The quantitative estimate of drug-likeness (QED) is 0.345. The van der Waals surface area contributed by atoms with Crippen LogP contribution in [0.25, 0.3) is 0 Å². The summed E-state index contributed by atoms with van der Waals surface area (Å²) in [5, 5.41) is 6.12. The maximum Gasteiger partial charge on any atom is 0.408 e. The zero-order valence-electron chi connectivity index (χ0n) is 23.6. The van der Waals surface area contributed by atoms with Crippen molar-refractivity contribution in [3.05, 3.63) is 64.2 Å². The fourth-order valence-electron chi connectivity index (χ4n) is 4.06. The molecule has 3 amide bonds. The first kappa shape index (κ1) is 31.5. The molecule has 2 rings (SSSR count). The largest absolute Gasteiger partial charge is 0.444 e. The standard InChI is InChI=1S/C29H40ClN3O4S/c1-18(2)33(27(35)23(15-16-38-8)31-28(36)37-29(5,6)7)25(21-13-9-11-19(3)17-21)26(34)32-24-20(4)12-10-14-22(24)30/h9-14,17-18,23,25H,15-16H2,1-8H3,(H,31,36)(H,32,34). The minimum Gasteiger partial charge on any atom is -0.444 e. The number of carbonyl (C=O) groups excluding carboxylic acids is 3. The van der Waals surface area contributed by atoms with Crippen molar-refractivity contribution in [2.45, 2.75) is 78.6 Å². The van der Waals surface area contributed by atoms with E-state index in [-0.39, 0.29) is 11.9 Å². The number of para-hydroxylation sites is 1. The van der Waals surface area contributed by atoms with Gasteiger partial charge in [-0.15, -0.1) is 0 Å². The number of carbonyl (C=O) groups is 3. The zero-order chi connectivity index (χ0) is 28.6. The molecule has 38 heavy (non-hydrogen) atoms. The van der Waals surface area contributed by atoms with Crippen molar-refractivity contribution >= 4 is 47.0 Å². The van der Waals surface area contributed by atoms with E-state index in [1.54, 1.807) is 43.5 Å². The van der Waals surface area contributed by atoms with Gasteiger partial charge in [0.15, 0.2) is 0 Å². The molecular formula is C29H40ClN3O4S. The third-order valence-electron chi connectivity index (χ3n) is 5.77. The second-order valence-electron chi connectivity index (χ2n) is 10.6. The number of nitrogens with one attached hydrogen (secondary N) is 2. The summed E-state index contributed by atoms with van der Waals surface area (Å²) < 4.78 is 5.43. The van der Waals surface area contributed by atoms with Crippen molar-refractivity contribution in [2.24, 2.45) is 0 Å². The van der Waals surface area contributed by atoms with E-state index in [0.29, 0.717) is 28.4 Å². The molecule has 0 bridgehead atoms. The third kappa shape index (κ3) is 8.95. The molecule has 0 fully saturated rings. The minimum atomic E-state index is -0.963. The molecule has 0 saturated carbocycles. The monoisotopic (exact) mass is 561 g/mol. The number of halogens is 1. The van der Waals surface area contributed by atoms with Gasteiger partial charge in [0.1, 0.15) is 17.7 Å². The van der Waals surface area contributed by atoms with E-state index >= 15 is 0 Å². The van der Waals surface area contributed by atoms with Crippen molar-refractivity contribution in [3.63, 3.8) is 0 Å². The summed E-state index contributed by atoms with van der Waals surface area (Å²) in [7, 11) is 0. The molecule has 7 nitrogen and oxygen atoms in total. The summed E-state index contributed by atoms with van der Waals surface area (Å²) in [6.45, 7) is 12.8. The lowest BCUT2D eigenvalue weighted by molar-refractivity contribution is -0.143. The smallest absolute Gasteiger partial charge is 0.408 e. The first-order valence-corrected chi connectivity index (χ1v) is 14.5. The van der Waals surface area contributed by atoms with Gasteiger partial charge in [-0.25, -0.2) is 4.79 Å². The van der Waals surface area contributed by atoms with Gasteiger partial charge in [-0.3, -0.25) is 9.59 Å². The summed E-state index contributed by atoms with van der Waals surface area (Å²) in [4.78, 5) is 42.3. The number of rotatable bonds is 10. The molecule has 2 N–H and O–H groups in total. The van der Waals surface area contributed by atoms with E-state index in [1.165, 1.54) is 0 Å². The van der Waals surface area contributed by atoms with E-state index in [4.69, 9.17) is 16.3 Å². The lowest BCUT2D eigenvalue weighted by Crippen LogP contribution is -2.54. The Morgan fingerprint density at radius 2 is 1.74 bits per heavy atom. The Bertz CT molecular complexity index is 1110. The molecule has 0 radical (unpaired) electrons. The van der Waals surface area contributed by atoms with E-state index in [0.717, 1.165) is 11.1 Å². The van der Waals surface area contributed by atoms with Crippen LogP contribution in [0.15, 0.2) is 42.5 Å². The van der Waals surface area contributed by atoms with E-state index in [2.05, 4.69) is 10.6 Å². The molecule has 2 unspecified atom stereocenters. The molecule has 208 valence electrons. The van der Waals surface area contributed by atoms with Gasteiger partial charge >= 0.3 is 6.09 Å². The molecule has 2 atom stereocenters. The first-order chi connectivity index (χ1) is 17.7. The molecule has 0 aromatic heterocycles. The predicted octanol–water partition coefficient (Wildman–Crippen LogP) is 6.52. The molecule has 0 heterocycles. The highest BCUT2D eigenvalue weighted by Crippen LogP contribution is 2.31. The maximum atomic E-state index is 14.1. The van der Waals surface area contributed by atoms with E-state index in [1.807, 2.05) is 70.3 Å². The Hall–Kier alpha value is -2.71. The number of benzene rings is 2. The Morgan fingerprint density at radius 1 is 1.08 bits per heavy atom. The lowest BCUT2D eigenvalue weighted by atomic mass is 9.99. The average molecular weight is 562 g/mol. The SMILES string of the molecule is CSCCC(NC(=O)OC(C)(C)C)C(=O)N(C(C)C)C(C(=O)Nc1c(C)cccc1Cl)c1cccc(C)c1. The van der Waals surface area contributed by atoms with Crippen molar-refractivity contribution in [1.82, 2.24) is 10.2 Å². The highest BCUT2D eigenvalue weighted by Gasteiger charge is 2.38. The molecule has 2 aromatic carbocycles. The number of aryl methyl sites for hydroxylation is 2. The number of hydrogen-bond donors (Lipinski definition) is 2. The number of amides is 3. The lowest BCUT2D eigenvalue weighted by Gasteiger charge is -2.37. The van der Waals surface area contributed by atoms with Crippen LogP contribution in [-0.4, -0.2) is 52.5 Å². The van der Waals surface area contributed by atoms with Crippen molar-refractivity contribution in [3.8, 4) is 0 Å². The first-order valence-electron chi connectivity index (χ1n) is 12.7. The van der Waals surface area contributed by atoms with Crippen molar-refractivity contribution < 1.29 is 19.1 Å². The van der Waals surface area contributed by atoms with Gasteiger partial charge in [-0.05, 0) is 84.1 Å². The van der Waals surface area contributed by atoms with Gasteiger partial charge in [0.2, 0.25) is 5.91 Å². The van der Waals surface area contributed by atoms with Crippen molar-refractivity contribution in [1.29, 1.82) is 0 Å². The summed E-state index contributed by atoms with van der Waals surface area (Å²) in [5.74, 6) is -0.120. The minimum absolute atomic E-state index is 0.358. The van der Waals surface area contributed by atoms with E-state index < -0.39 is 29.7 Å². The van der Waals surface area contributed by atoms with Crippen LogP contribution < -0.4 is 10.6 Å². The fraction of sp³-hybridized carbons (Fsp3) is 0.483. The van der Waals surface area contributed by atoms with Gasteiger partial charge in [-0.1, -0.05) is 53.6 Å². The van der Waals surface area contributed by atoms with Crippen LogP contribution in [0.1, 0.15) is 63.8 Å². The number of anilines is 1. The summed E-state index contributed by atoms with van der Waals surface area (Å²) in [6.07, 6.45) is 1.64. The maximum absolute atomic E-state index is 14.1. The van der Waals surface area contributed by atoms with Crippen LogP contribution in [-0.2, 0) is 14.3 Å². The van der Waals surface area contributed by atoms with Crippen LogP contribution in [0.3, 0.4) is 0 Å². The van der Waals surface area contributed by atoms with Crippen LogP contribution in [0.2, 0.25) is 5.02 Å². The Morgan fingerprint density at radius 3 is 2.29 bits per heavy atom. The number of nitrogens with zero attached hydrogens (tertiary/aromatic N) is 1. The van der Waals surface area contributed by atoms with Crippen LogP contribution >= 0.6 is 23.4 Å². The number of ether oxygens (including phenoxy) is 1. The fourth-order valence-corrected chi connectivity index (χ4v) is 4.80. The molecule has 9 heteroatoms. The molecule has 2 aromatic rings. The van der Waals surface area contributed by atoms with E-state index in [9.17, 15) is 14.4 Å². The second kappa shape index (κ2) is 13.9. The highest BCUT2D eigenvalue weighted by atomic mass is 35.5. The van der Waals surface area contributed by atoms with Crippen LogP contribution in [0.5, 0.6) is 0 Å². The average Bonchev–Trinajstić information content (AvgIpc) is 2.80. The van der Waals surface area contributed by atoms with Gasteiger partial charge in [0, 0.05) is 6.04 Å². The van der Waals surface area contributed by atoms with Crippen LogP contribution in [0, 0.1) is 13.8 Å². The molecule has 0 spiro atoms. The number of alkyl carbamates (subject to hydrolysis) is 1. The van der Waals surface area contributed by atoms with Gasteiger partial charge in [-0.2, -0.15) is 11.8 Å². The molecular weight excluding hydrogens is 522 g/mol. The summed E-state index contributed by atoms with van der Waals surface area (Å²) in [6, 6.07) is 10.7. The van der Waals surface area contributed by atoms with Crippen molar-refractivity contribution in [2.75, 3.05) is 17.3 Å². The van der Waals surface area contributed by atoms with Crippen LogP contribution in [0.4, 0.5) is 10.5 Å². The predicted molar refractivity (Wildman–Crippen MR) is 157 cm³/mol.